The molecule has 1 N–H and O–H groups in total. The first kappa shape index (κ1) is 23.4. The van der Waals surface area contributed by atoms with E-state index in [9.17, 15) is 4.79 Å². The maximum atomic E-state index is 13.9. The van der Waals surface area contributed by atoms with Gasteiger partial charge in [0.2, 0.25) is 5.91 Å². The number of hydrogen-bond acceptors (Lipinski definition) is 3. The predicted molar refractivity (Wildman–Crippen MR) is 158 cm³/mol. The molecule has 3 aliphatic rings. The van der Waals surface area contributed by atoms with Crippen molar-refractivity contribution in [3.63, 3.8) is 0 Å². The van der Waals surface area contributed by atoms with E-state index in [1.54, 1.807) is 0 Å². The van der Waals surface area contributed by atoms with Gasteiger partial charge >= 0.3 is 0 Å². The Morgan fingerprint density at radius 1 is 0.825 bits per heavy atom. The van der Waals surface area contributed by atoms with Crippen molar-refractivity contribution in [2.75, 3.05) is 13.1 Å². The Balaban J connectivity index is 1.15. The van der Waals surface area contributed by atoms with Crippen molar-refractivity contribution in [3.8, 4) is 5.75 Å². The van der Waals surface area contributed by atoms with Crippen molar-refractivity contribution in [2.24, 2.45) is 0 Å². The molecule has 1 saturated heterocycles. The second-order valence-corrected chi connectivity index (χ2v) is 11.3. The lowest BCUT2D eigenvalue weighted by Gasteiger charge is -2.45. The summed E-state index contributed by atoms with van der Waals surface area (Å²) in [4.78, 5) is 22.1. The van der Waals surface area contributed by atoms with Gasteiger partial charge in [0, 0.05) is 36.8 Å². The Bertz CT molecular complexity index is 1790. The van der Waals surface area contributed by atoms with Crippen LogP contribution in [-0.2, 0) is 17.6 Å². The van der Waals surface area contributed by atoms with E-state index >= 15 is 0 Å². The highest BCUT2D eigenvalue weighted by Crippen LogP contribution is 2.50. The second-order valence-electron chi connectivity index (χ2n) is 11.3. The van der Waals surface area contributed by atoms with Crippen LogP contribution in [0.2, 0.25) is 0 Å². The molecule has 8 rings (SSSR count). The standard InChI is InChI=1S/C35H31N3O2/c39-35-30-21-32-29(20-24-16-17-25-12-4-5-13-26(25)19-24)38(30)31(22-37(35)18-8-11-23-9-2-1-3-10-23)33-34(40-32)27-14-6-7-15-28(27)36-33/h1-7,9-10,12-17,19,30-31,36H,8,11,18,20-22H2/t30-,31-/m0/s1. The largest absolute Gasteiger partial charge is 0.457 e. The Kier molecular flexibility index (Phi) is 5.44. The minimum atomic E-state index is -0.222. The number of benzene rings is 4. The van der Waals surface area contributed by atoms with Gasteiger partial charge in [-0.05, 0) is 46.9 Å². The molecule has 198 valence electrons. The molecule has 5 heteroatoms. The summed E-state index contributed by atoms with van der Waals surface area (Å²) in [7, 11) is 0. The predicted octanol–water partition coefficient (Wildman–Crippen LogP) is 6.76. The third-order valence-corrected chi connectivity index (χ3v) is 8.84. The Morgan fingerprint density at radius 3 is 2.52 bits per heavy atom. The molecule has 1 fully saturated rings. The number of nitrogens with one attached hydrogen (secondary N) is 1. The summed E-state index contributed by atoms with van der Waals surface area (Å²) < 4.78 is 6.77. The number of nitrogens with zero attached hydrogens (tertiary/aromatic N) is 2. The zero-order valence-electron chi connectivity index (χ0n) is 22.3. The number of carbonyl (C=O) groups excluding carboxylic acids is 1. The van der Waals surface area contributed by atoms with E-state index in [2.05, 4.69) is 112 Å². The number of hydrogen-bond donors (Lipinski definition) is 1. The number of carbonyl (C=O) groups is 1. The number of allylic oxidation sites excluding steroid dienone is 1. The first-order chi connectivity index (χ1) is 19.7. The maximum Gasteiger partial charge on any atom is 0.245 e. The molecule has 1 aromatic heterocycles. The molecule has 0 radical (unpaired) electrons. The molecular formula is C35H31N3O2. The zero-order chi connectivity index (χ0) is 26.6. The molecule has 0 unspecified atom stereocenters. The summed E-state index contributed by atoms with van der Waals surface area (Å²) in [6, 6.07) is 33.9. The molecule has 2 bridgehead atoms. The summed E-state index contributed by atoms with van der Waals surface area (Å²) in [6.45, 7) is 1.42. The van der Waals surface area contributed by atoms with Crippen LogP contribution in [0.4, 0.5) is 0 Å². The van der Waals surface area contributed by atoms with E-state index in [-0.39, 0.29) is 18.0 Å². The van der Waals surface area contributed by atoms with Gasteiger partial charge < -0.3 is 19.5 Å². The number of amides is 1. The SMILES string of the molecule is O=C1[C@@H]2CC3=C(Cc4ccc5ccccc5c4)N2[C@@H](CN1CCCc1ccccc1)c1[nH]c2ccccc2c1O3. The van der Waals surface area contributed by atoms with Crippen LogP contribution < -0.4 is 4.74 Å². The number of aromatic amines is 1. The van der Waals surface area contributed by atoms with E-state index in [4.69, 9.17) is 4.74 Å². The number of piperazine rings is 1. The first-order valence-electron chi connectivity index (χ1n) is 14.3. The van der Waals surface area contributed by atoms with E-state index < -0.39 is 0 Å². The molecule has 1 amide bonds. The highest BCUT2D eigenvalue weighted by molar-refractivity contribution is 5.90. The zero-order valence-corrected chi connectivity index (χ0v) is 22.3. The molecule has 0 saturated carbocycles. The van der Waals surface area contributed by atoms with Crippen LogP contribution >= 0.6 is 0 Å². The maximum absolute atomic E-state index is 13.9. The molecule has 0 spiro atoms. The van der Waals surface area contributed by atoms with Crippen molar-refractivity contribution >= 4 is 27.6 Å². The van der Waals surface area contributed by atoms with Gasteiger partial charge in [0.05, 0.1) is 17.4 Å². The normalized spacial score (nSPS) is 19.8. The van der Waals surface area contributed by atoms with E-state index in [0.29, 0.717) is 13.0 Å². The van der Waals surface area contributed by atoms with Crippen molar-refractivity contribution < 1.29 is 9.53 Å². The number of para-hydroxylation sites is 1. The van der Waals surface area contributed by atoms with Gasteiger partial charge in [-0.25, -0.2) is 0 Å². The van der Waals surface area contributed by atoms with Gasteiger partial charge in [-0.3, -0.25) is 4.79 Å². The highest BCUT2D eigenvalue weighted by Gasteiger charge is 2.50. The van der Waals surface area contributed by atoms with Gasteiger partial charge in [0.1, 0.15) is 11.8 Å². The first-order valence-corrected chi connectivity index (χ1v) is 14.3. The molecule has 2 atom stereocenters. The summed E-state index contributed by atoms with van der Waals surface area (Å²) in [5.41, 5.74) is 5.87. The molecule has 40 heavy (non-hydrogen) atoms. The second kappa shape index (κ2) is 9.30. The fourth-order valence-corrected chi connectivity index (χ4v) is 6.92. The molecule has 5 nitrogen and oxygen atoms in total. The molecule has 3 aliphatic heterocycles. The van der Waals surface area contributed by atoms with Crippen molar-refractivity contribution in [3.05, 3.63) is 125 Å². The van der Waals surface area contributed by atoms with Crippen LogP contribution in [-0.4, -0.2) is 39.8 Å². The van der Waals surface area contributed by atoms with Gasteiger partial charge in [-0.15, -0.1) is 0 Å². The summed E-state index contributed by atoms with van der Waals surface area (Å²) >= 11 is 0. The van der Waals surface area contributed by atoms with Crippen LogP contribution in [0.15, 0.2) is 109 Å². The lowest BCUT2D eigenvalue weighted by Crippen LogP contribution is -2.56. The van der Waals surface area contributed by atoms with Crippen molar-refractivity contribution in [1.82, 2.24) is 14.8 Å². The smallest absolute Gasteiger partial charge is 0.245 e. The quantitative estimate of drug-likeness (QED) is 0.267. The Hall–Kier alpha value is -4.51. The van der Waals surface area contributed by atoms with Gasteiger partial charge in [0.25, 0.3) is 0 Å². The van der Waals surface area contributed by atoms with Gasteiger partial charge in [0.15, 0.2) is 5.75 Å². The summed E-state index contributed by atoms with van der Waals surface area (Å²) in [5.74, 6) is 2.08. The number of rotatable bonds is 6. The topological polar surface area (TPSA) is 48.6 Å². The molecule has 0 aliphatic carbocycles. The molecule has 5 aromatic rings. The van der Waals surface area contributed by atoms with E-state index in [1.807, 2.05) is 0 Å². The van der Waals surface area contributed by atoms with E-state index in [0.717, 1.165) is 59.6 Å². The molecule has 4 heterocycles. The third kappa shape index (κ3) is 3.80. The minimum absolute atomic E-state index is 0.0253. The van der Waals surface area contributed by atoms with Crippen LogP contribution in [0.1, 0.15) is 35.7 Å². The number of H-pyrrole nitrogens is 1. The molecular weight excluding hydrogens is 494 g/mol. The fourth-order valence-electron chi connectivity index (χ4n) is 6.92. The van der Waals surface area contributed by atoms with Crippen LogP contribution in [0.5, 0.6) is 5.75 Å². The summed E-state index contributed by atoms with van der Waals surface area (Å²) in [5, 5.41) is 3.58. The monoisotopic (exact) mass is 525 g/mol. The Morgan fingerprint density at radius 2 is 1.62 bits per heavy atom. The number of aryl methyl sites for hydroxylation is 1. The van der Waals surface area contributed by atoms with Crippen LogP contribution in [0.3, 0.4) is 0 Å². The van der Waals surface area contributed by atoms with Crippen LogP contribution in [0, 0.1) is 0 Å². The lowest BCUT2D eigenvalue weighted by atomic mass is 9.99. The van der Waals surface area contributed by atoms with Crippen molar-refractivity contribution in [1.29, 1.82) is 0 Å². The van der Waals surface area contributed by atoms with E-state index in [1.165, 1.54) is 21.9 Å². The van der Waals surface area contributed by atoms with Gasteiger partial charge in [-0.1, -0.05) is 84.9 Å². The molecule has 4 aromatic carbocycles. The average Bonchev–Trinajstić information content (AvgIpc) is 3.50. The highest BCUT2D eigenvalue weighted by atomic mass is 16.5. The van der Waals surface area contributed by atoms with Crippen molar-refractivity contribution in [2.45, 2.75) is 37.8 Å². The number of fused-ring (bicyclic) bond motifs is 5. The third-order valence-electron chi connectivity index (χ3n) is 8.84. The van der Waals surface area contributed by atoms with Crippen LogP contribution in [0.25, 0.3) is 21.7 Å². The Labute approximate surface area is 233 Å². The lowest BCUT2D eigenvalue weighted by molar-refractivity contribution is -0.143. The average molecular weight is 526 g/mol. The number of ether oxygens (including phenoxy) is 1. The fraction of sp³-hybridized carbons (Fsp3) is 0.229. The number of aromatic nitrogens is 1. The summed E-state index contributed by atoms with van der Waals surface area (Å²) in [6.07, 6.45) is 3.29. The van der Waals surface area contributed by atoms with Gasteiger partial charge in [-0.2, -0.15) is 0 Å². The minimum Gasteiger partial charge on any atom is -0.457 e.